The average molecular weight is 352 g/mol. The van der Waals surface area contributed by atoms with Crippen LogP contribution in [0.1, 0.15) is 6.42 Å². The highest BCUT2D eigenvalue weighted by molar-refractivity contribution is 7.95. The van der Waals surface area contributed by atoms with Crippen LogP contribution in [-0.2, 0) is 14.9 Å². The van der Waals surface area contributed by atoms with Gasteiger partial charge in [-0.3, -0.25) is 4.31 Å². The van der Waals surface area contributed by atoms with E-state index in [1.54, 1.807) is 24.3 Å². The van der Waals surface area contributed by atoms with E-state index in [-0.39, 0.29) is 18.3 Å². The summed E-state index contributed by atoms with van der Waals surface area (Å²) in [4.78, 5) is 0. The van der Waals surface area contributed by atoms with Crippen LogP contribution in [0.25, 0.3) is 0 Å². The Labute approximate surface area is 138 Å². The summed E-state index contributed by atoms with van der Waals surface area (Å²) in [6.45, 7) is 0.870. The Morgan fingerprint density at radius 1 is 1.08 bits per heavy atom. The lowest BCUT2D eigenvalue weighted by Gasteiger charge is -2.22. The minimum absolute atomic E-state index is 0.0731. The van der Waals surface area contributed by atoms with Gasteiger partial charge in [0.15, 0.2) is 5.82 Å². The number of rotatable bonds is 4. The van der Waals surface area contributed by atoms with Crippen molar-refractivity contribution in [1.82, 2.24) is 0 Å². The zero-order chi connectivity index (χ0) is 16.9. The number of anilines is 3. The fourth-order valence-electron chi connectivity index (χ4n) is 2.83. The number of nitrogens with zero attached hydrogens (tertiary/aromatic N) is 2. The Bertz CT molecular complexity index is 900. The third kappa shape index (κ3) is 2.42. The highest BCUT2D eigenvalue weighted by Gasteiger charge is 2.42. The summed E-state index contributed by atoms with van der Waals surface area (Å²) >= 11 is 0. The Hall–Kier alpha value is -2.19. The fraction of sp³-hybridized carbons (Fsp3) is 0.250. The van der Waals surface area contributed by atoms with Crippen LogP contribution in [0.5, 0.6) is 0 Å². The lowest BCUT2D eigenvalue weighted by Crippen LogP contribution is -2.36. The molecule has 0 unspecified atom stereocenters. The number of fused-ring (bicyclic) bond motifs is 1. The molecule has 2 heterocycles. The van der Waals surface area contributed by atoms with E-state index in [0.717, 1.165) is 16.4 Å². The van der Waals surface area contributed by atoms with Crippen molar-refractivity contribution in [1.29, 1.82) is 0 Å². The Kier molecular flexibility index (Phi) is 3.47. The predicted octanol–water partition coefficient (Wildman–Crippen LogP) is 2.96. The molecule has 0 bridgehead atoms. The molecule has 0 N–H and O–H groups in total. The third-order valence-electron chi connectivity index (χ3n) is 4.06. The molecule has 2 aliphatic heterocycles. The molecule has 8 heteroatoms. The Morgan fingerprint density at radius 2 is 1.79 bits per heavy atom. The summed E-state index contributed by atoms with van der Waals surface area (Å²) in [6.07, 6.45) is 0.636. The zero-order valence-electron chi connectivity index (χ0n) is 12.5. The van der Waals surface area contributed by atoms with Crippen LogP contribution in [0.4, 0.5) is 25.8 Å². The standard InChI is InChI=1S/C16H14F2N2O3S/c17-11-5-6-14(13(18)9-11)20-16-4-2-1-3-15(16)19(24(20,21)22)8-7-12-10-23-12/h1-6,9,12H,7-8,10H2/t12-/m0/s1. The van der Waals surface area contributed by atoms with Crippen molar-refractivity contribution < 1.29 is 21.9 Å². The third-order valence-corrected chi connectivity index (χ3v) is 5.85. The monoisotopic (exact) mass is 352 g/mol. The molecule has 24 heavy (non-hydrogen) atoms. The van der Waals surface area contributed by atoms with E-state index in [1.165, 1.54) is 4.31 Å². The van der Waals surface area contributed by atoms with Crippen molar-refractivity contribution in [3.05, 3.63) is 54.1 Å². The molecule has 0 saturated carbocycles. The molecular weight excluding hydrogens is 338 g/mol. The van der Waals surface area contributed by atoms with Crippen molar-refractivity contribution in [3.63, 3.8) is 0 Å². The average Bonchev–Trinajstić information content (AvgIpc) is 3.32. The topological polar surface area (TPSA) is 53.2 Å². The van der Waals surface area contributed by atoms with Gasteiger partial charge in [-0.05, 0) is 30.7 Å². The number of halogens is 2. The summed E-state index contributed by atoms with van der Waals surface area (Å²) in [5.74, 6) is -1.69. The molecule has 0 aliphatic carbocycles. The largest absolute Gasteiger partial charge is 0.373 e. The van der Waals surface area contributed by atoms with Crippen LogP contribution in [0.2, 0.25) is 0 Å². The summed E-state index contributed by atoms with van der Waals surface area (Å²) in [7, 11) is -3.99. The molecule has 0 spiro atoms. The van der Waals surface area contributed by atoms with Crippen molar-refractivity contribution in [3.8, 4) is 0 Å². The number of hydrogen-bond acceptors (Lipinski definition) is 3. The first-order chi connectivity index (χ1) is 11.5. The summed E-state index contributed by atoms with van der Waals surface area (Å²) in [6, 6.07) is 9.51. The highest BCUT2D eigenvalue weighted by atomic mass is 32.2. The van der Waals surface area contributed by atoms with Gasteiger partial charge in [-0.25, -0.2) is 13.1 Å². The van der Waals surface area contributed by atoms with Crippen LogP contribution in [0.15, 0.2) is 42.5 Å². The predicted molar refractivity (Wildman–Crippen MR) is 85.6 cm³/mol. The Morgan fingerprint density at radius 3 is 2.46 bits per heavy atom. The van der Waals surface area contributed by atoms with Crippen molar-refractivity contribution in [2.24, 2.45) is 0 Å². The van der Waals surface area contributed by atoms with Crippen molar-refractivity contribution in [2.75, 3.05) is 21.8 Å². The molecular formula is C16H14F2N2O3S. The second-order valence-electron chi connectivity index (χ2n) is 5.67. The van der Waals surface area contributed by atoms with E-state index in [9.17, 15) is 17.2 Å². The summed E-state index contributed by atoms with van der Waals surface area (Å²) < 4.78 is 60.6. The van der Waals surface area contributed by atoms with Crippen LogP contribution in [0.3, 0.4) is 0 Å². The van der Waals surface area contributed by atoms with Crippen LogP contribution in [-0.4, -0.2) is 27.7 Å². The minimum Gasteiger partial charge on any atom is -0.373 e. The molecule has 4 rings (SSSR count). The molecule has 2 aromatic carbocycles. The normalized spacial score (nSPS) is 21.0. The van der Waals surface area contributed by atoms with Gasteiger partial charge >= 0.3 is 10.2 Å². The Balaban J connectivity index is 1.81. The number of benzene rings is 2. The lowest BCUT2D eigenvalue weighted by molar-refractivity contribution is 0.399. The molecule has 0 aromatic heterocycles. The molecule has 0 amide bonds. The summed E-state index contributed by atoms with van der Waals surface area (Å²) in [5, 5.41) is 0. The van der Waals surface area contributed by atoms with Gasteiger partial charge in [-0.1, -0.05) is 12.1 Å². The van der Waals surface area contributed by atoms with E-state index in [1.807, 2.05) is 0 Å². The maximum absolute atomic E-state index is 14.2. The van der Waals surface area contributed by atoms with Gasteiger partial charge in [-0.2, -0.15) is 8.42 Å². The van der Waals surface area contributed by atoms with Gasteiger partial charge in [0.2, 0.25) is 0 Å². The number of hydrogen-bond donors (Lipinski definition) is 0. The van der Waals surface area contributed by atoms with Gasteiger partial charge in [-0.15, -0.1) is 0 Å². The van der Waals surface area contributed by atoms with Gasteiger partial charge in [0.25, 0.3) is 0 Å². The molecule has 1 fully saturated rings. The van der Waals surface area contributed by atoms with E-state index >= 15 is 0 Å². The van der Waals surface area contributed by atoms with E-state index in [0.29, 0.717) is 30.5 Å². The molecule has 126 valence electrons. The quantitative estimate of drug-likeness (QED) is 0.795. The molecule has 5 nitrogen and oxygen atoms in total. The number of para-hydroxylation sites is 2. The highest BCUT2D eigenvalue weighted by Crippen LogP contribution is 2.46. The molecule has 0 radical (unpaired) electrons. The number of epoxide rings is 1. The fourth-order valence-corrected chi connectivity index (χ4v) is 4.56. The van der Waals surface area contributed by atoms with E-state index in [2.05, 4.69) is 0 Å². The van der Waals surface area contributed by atoms with Crippen LogP contribution < -0.4 is 8.61 Å². The molecule has 2 aliphatic rings. The van der Waals surface area contributed by atoms with Gasteiger partial charge in [0.1, 0.15) is 5.82 Å². The van der Waals surface area contributed by atoms with Crippen molar-refractivity contribution >= 4 is 27.3 Å². The van der Waals surface area contributed by atoms with E-state index in [4.69, 9.17) is 4.74 Å². The van der Waals surface area contributed by atoms with Gasteiger partial charge in [0, 0.05) is 12.6 Å². The SMILES string of the molecule is O=S1(=O)N(CC[C@H]2CO2)c2ccccc2N1c1ccc(F)cc1F. The van der Waals surface area contributed by atoms with Gasteiger partial charge in [0.05, 0.1) is 29.8 Å². The maximum Gasteiger partial charge on any atom is 0.331 e. The van der Waals surface area contributed by atoms with Crippen LogP contribution >= 0.6 is 0 Å². The number of ether oxygens (including phenoxy) is 1. The van der Waals surface area contributed by atoms with E-state index < -0.39 is 21.8 Å². The smallest absolute Gasteiger partial charge is 0.331 e. The van der Waals surface area contributed by atoms with Crippen LogP contribution in [0, 0.1) is 11.6 Å². The van der Waals surface area contributed by atoms with Gasteiger partial charge < -0.3 is 4.74 Å². The summed E-state index contributed by atoms with van der Waals surface area (Å²) in [5.41, 5.74) is 0.621. The molecule has 2 aromatic rings. The first kappa shape index (κ1) is 15.3. The second kappa shape index (κ2) is 5.42. The molecule has 1 atom stereocenters. The molecule has 1 saturated heterocycles. The minimum atomic E-state index is -3.99. The maximum atomic E-state index is 14.2. The second-order valence-corrected chi connectivity index (χ2v) is 7.37. The van der Waals surface area contributed by atoms with Crippen molar-refractivity contribution in [2.45, 2.75) is 12.5 Å². The first-order valence-electron chi connectivity index (χ1n) is 7.47. The zero-order valence-corrected chi connectivity index (χ0v) is 13.3. The first-order valence-corrected chi connectivity index (χ1v) is 8.87. The lowest BCUT2D eigenvalue weighted by atomic mass is 10.2.